The molecular formula is C16H16FNO3. The molecule has 0 aliphatic rings. The molecule has 0 aromatic heterocycles. The number of nitrogens with two attached hydrogens (primary N) is 1. The Morgan fingerprint density at radius 2 is 2.05 bits per heavy atom. The Morgan fingerprint density at radius 3 is 2.71 bits per heavy atom. The number of hydrogen-bond donors (Lipinski definition) is 2. The number of aliphatic hydroxyl groups excluding tert-OH is 1. The lowest BCUT2D eigenvalue weighted by Crippen LogP contribution is -2.16. The standard InChI is InChI=1S/C16H16FNO3/c1-10-6-7-12(16(18)20)15(8-10)21-9-14(19)11-4-2-3-5-13(11)17/h2-8,14,19H,9H2,1H3,(H2,18,20). The Morgan fingerprint density at radius 1 is 1.33 bits per heavy atom. The van der Waals surface area contributed by atoms with E-state index in [2.05, 4.69) is 0 Å². The van der Waals surface area contributed by atoms with Gasteiger partial charge in [-0.1, -0.05) is 24.3 Å². The van der Waals surface area contributed by atoms with Gasteiger partial charge in [-0.05, 0) is 30.7 Å². The Hall–Kier alpha value is -2.40. The van der Waals surface area contributed by atoms with Crippen molar-refractivity contribution in [2.75, 3.05) is 6.61 Å². The van der Waals surface area contributed by atoms with E-state index in [0.717, 1.165) is 5.56 Å². The maximum atomic E-state index is 13.5. The topological polar surface area (TPSA) is 72.6 Å². The third kappa shape index (κ3) is 3.58. The predicted molar refractivity (Wildman–Crippen MR) is 76.6 cm³/mol. The van der Waals surface area contributed by atoms with Crippen LogP contribution in [0.15, 0.2) is 42.5 Å². The van der Waals surface area contributed by atoms with Gasteiger partial charge in [0, 0.05) is 5.56 Å². The fourth-order valence-corrected chi connectivity index (χ4v) is 1.96. The van der Waals surface area contributed by atoms with Crippen LogP contribution in [0.3, 0.4) is 0 Å². The third-order valence-corrected chi connectivity index (χ3v) is 3.06. The second kappa shape index (κ2) is 6.37. The van der Waals surface area contributed by atoms with Gasteiger partial charge in [0.2, 0.25) is 0 Å². The van der Waals surface area contributed by atoms with Gasteiger partial charge in [0.1, 0.15) is 24.3 Å². The largest absolute Gasteiger partial charge is 0.490 e. The van der Waals surface area contributed by atoms with Crippen molar-refractivity contribution >= 4 is 5.91 Å². The van der Waals surface area contributed by atoms with Crippen molar-refractivity contribution in [2.45, 2.75) is 13.0 Å². The van der Waals surface area contributed by atoms with Crippen LogP contribution in [0.1, 0.15) is 27.6 Å². The molecule has 2 aromatic rings. The zero-order chi connectivity index (χ0) is 15.4. The van der Waals surface area contributed by atoms with E-state index in [4.69, 9.17) is 10.5 Å². The molecule has 0 aliphatic heterocycles. The summed E-state index contributed by atoms with van der Waals surface area (Å²) in [5, 5.41) is 9.98. The summed E-state index contributed by atoms with van der Waals surface area (Å²) in [7, 11) is 0. The summed E-state index contributed by atoms with van der Waals surface area (Å²) in [6, 6.07) is 10.9. The van der Waals surface area contributed by atoms with Crippen molar-refractivity contribution in [3.8, 4) is 5.75 Å². The van der Waals surface area contributed by atoms with Crippen LogP contribution in [-0.2, 0) is 0 Å². The number of benzene rings is 2. The van der Waals surface area contributed by atoms with Crippen LogP contribution < -0.4 is 10.5 Å². The van der Waals surface area contributed by atoms with Crippen LogP contribution in [0.25, 0.3) is 0 Å². The Balaban J connectivity index is 2.15. The quantitative estimate of drug-likeness (QED) is 0.887. The minimum Gasteiger partial charge on any atom is -0.490 e. The highest BCUT2D eigenvalue weighted by Crippen LogP contribution is 2.23. The van der Waals surface area contributed by atoms with Gasteiger partial charge in [-0.15, -0.1) is 0 Å². The van der Waals surface area contributed by atoms with Crippen molar-refractivity contribution in [1.29, 1.82) is 0 Å². The summed E-state index contributed by atoms with van der Waals surface area (Å²) in [4.78, 5) is 11.3. The molecule has 0 spiro atoms. The van der Waals surface area contributed by atoms with E-state index in [9.17, 15) is 14.3 Å². The third-order valence-electron chi connectivity index (χ3n) is 3.06. The van der Waals surface area contributed by atoms with E-state index < -0.39 is 17.8 Å². The predicted octanol–water partition coefficient (Wildman–Crippen LogP) is 2.35. The summed E-state index contributed by atoms with van der Waals surface area (Å²) < 4.78 is 19.0. The van der Waals surface area contributed by atoms with E-state index in [0.29, 0.717) is 0 Å². The normalized spacial score (nSPS) is 12.0. The van der Waals surface area contributed by atoms with Crippen LogP contribution in [-0.4, -0.2) is 17.6 Å². The van der Waals surface area contributed by atoms with Crippen LogP contribution >= 0.6 is 0 Å². The van der Waals surface area contributed by atoms with Gasteiger partial charge in [0.25, 0.3) is 5.91 Å². The van der Waals surface area contributed by atoms with Gasteiger partial charge in [0.05, 0.1) is 5.56 Å². The molecule has 1 atom stereocenters. The number of carbonyl (C=O) groups is 1. The Labute approximate surface area is 122 Å². The average molecular weight is 289 g/mol. The summed E-state index contributed by atoms with van der Waals surface area (Å²) in [5.74, 6) is -0.851. The minimum absolute atomic E-state index is 0.144. The lowest BCUT2D eigenvalue weighted by molar-refractivity contribution is 0.0958. The SMILES string of the molecule is Cc1ccc(C(N)=O)c(OCC(O)c2ccccc2F)c1. The highest BCUT2D eigenvalue weighted by atomic mass is 19.1. The molecule has 5 heteroatoms. The molecule has 1 amide bonds. The molecule has 0 saturated carbocycles. The highest BCUT2D eigenvalue weighted by Gasteiger charge is 2.15. The summed E-state index contributed by atoms with van der Waals surface area (Å²) in [5.41, 5.74) is 6.52. The number of rotatable bonds is 5. The van der Waals surface area contributed by atoms with Crippen molar-refractivity contribution in [1.82, 2.24) is 0 Å². The van der Waals surface area contributed by atoms with Crippen molar-refractivity contribution in [3.05, 3.63) is 65.0 Å². The van der Waals surface area contributed by atoms with Crippen molar-refractivity contribution in [3.63, 3.8) is 0 Å². The summed E-state index contributed by atoms with van der Waals surface area (Å²) >= 11 is 0. The first-order chi connectivity index (χ1) is 9.99. The molecule has 3 N–H and O–H groups in total. The molecule has 0 heterocycles. The van der Waals surface area contributed by atoms with Gasteiger partial charge in [-0.2, -0.15) is 0 Å². The van der Waals surface area contributed by atoms with Crippen LogP contribution in [0, 0.1) is 12.7 Å². The van der Waals surface area contributed by atoms with E-state index in [1.165, 1.54) is 18.2 Å². The number of hydrogen-bond acceptors (Lipinski definition) is 3. The van der Waals surface area contributed by atoms with E-state index in [1.807, 2.05) is 6.92 Å². The molecule has 4 nitrogen and oxygen atoms in total. The smallest absolute Gasteiger partial charge is 0.252 e. The summed E-state index contributed by atoms with van der Waals surface area (Å²) in [6.45, 7) is 1.66. The Kier molecular flexibility index (Phi) is 4.55. The van der Waals surface area contributed by atoms with Gasteiger partial charge in [-0.25, -0.2) is 4.39 Å². The van der Waals surface area contributed by atoms with Crippen molar-refractivity contribution < 1.29 is 19.0 Å². The Bertz CT molecular complexity index is 658. The number of carbonyl (C=O) groups excluding carboxylic acids is 1. The number of aliphatic hydroxyl groups is 1. The monoisotopic (exact) mass is 289 g/mol. The van der Waals surface area contributed by atoms with Crippen LogP contribution in [0.4, 0.5) is 4.39 Å². The molecule has 2 rings (SSSR count). The first-order valence-corrected chi connectivity index (χ1v) is 6.45. The number of ether oxygens (including phenoxy) is 1. The molecule has 21 heavy (non-hydrogen) atoms. The molecule has 110 valence electrons. The number of amides is 1. The maximum absolute atomic E-state index is 13.5. The molecular weight excluding hydrogens is 273 g/mol. The van der Waals surface area contributed by atoms with Gasteiger partial charge < -0.3 is 15.6 Å². The summed E-state index contributed by atoms with van der Waals surface area (Å²) in [6.07, 6.45) is -1.13. The lowest BCUT2D eigenvalue weighted by Gasteiger charge is -2.15. The molecule has 0 bridgehead atoms. The first-order valence-electron chi connectivity index (χ1n) is 6.45. The second-order valence-electron chi connectivity index (χ2n) is 4.71. The van der Waals surface area contributed by atoms with Gasteiger partial charge in [-0.3, -0.25) is 4.79 Å². The fraction of sp³-hybridized carbons (Fsp3) is 0.188. The minimum atomic E-state index is -1.13. The zero-order valence-corrected chi connectivity index (χ0v) is 11.5. The zero-order valence-electron chi connectivity index (χ0n) is 11.5. The molecule has 0 fully saturated rings. The van der Waals surface area contributed by atoms with E-state index >= 15 is 0 Å². The number of aryl methyl sites for hydroxylation is 1. The van der Waals surface area contributed by atoms with Crippen molar-refractivity contribution in [2.24, 2.45) is 5.73 Å². The molecule has 1 unspecified atom stereocenters. The molecule has 2 aromatic carbocycles. The maximum Gasteiger partial charge on any atom is 0.252 e. The second-order valence-corrected chi connectivity index (χ2v) is 4.71. The molecule has 0 radical (unpaired) electrons. The van der Waals surface area contributed by atoms with Gasteiger partial charge >= 0.3 is 0 Å². The average Bonchev–Trinajstić information content (AvgIpc) is 2.45. The van der Waals surface area contributed by atoms with Crippen LogP contribution in [0.2, 0.25) is 0 Å². The molecule has 0 saturated heterocycles. The lowest BCUT2D eigenvalue weighted by atomic mass is 10.1. The number of halogens is 1. The fourth-order valence-electron chi connectivity index (χ4n) is 1.96. The number of primary amides is 1. The molecule has 0 aliphatic carbocycles. The van der Waals surface area contributed by atoms with E-state index in [-0.39, 0.29) is 23.5 Å². The van der Waals surface area contributed by atoms with E-state index in [1.54, 1.807) is 24.3 Å². The highest BCUT2D eigenvalue weighted by molar-refractivity contribution is 5.95. The first kappa shape index (κ1) is 15.0. The van der Waals surface area contributed by atoms with Crippen LogP contribution in [0.5, 0.6) is 5.75 Å². The van der Waals surface area contributed by atoms with Gasteiger partial charge in [0.15, 0.2) is 0 Å².